The lowest BCUT2D eigenvalue weighted by Crippen LogP contribution is -2.52. The molecular weight excluding hydrogens is 194 g/mol. The summed E-state index contributed by atoms with van der Waals surface area (Å²) in [5.41, 5.74) is 0. The second-order valence-electron chi connectivity index (χ2n) is 4.11. The summed E-state index contributed by atoms with van der Waals surface area (Å²) in [7, 11) is 1.78. The summed E-state index contributed by atoms with van der Waals surface area (Å²) >= 11 is 0. The van der Waals surface area contributed by atoms with Gasteiger partial charge in [-0.1, -0.05) is 0 Å². The summed E-state index contributed by atoms with van der Waals surface area (Å²) in [6, 6.07) is -0.329. The van der Waals surface area contributed by atoms with Crippen LogP contribution in [0.3, 0.4) is 0 Å². The minimum absolute atomic E-state index is 0.00588. The van der Waals surface area contributed by atoms with Crippen LogP contribution in [0, 0.1) is 0 Å². The molecule has 2 aliphatic rings. The average molecular weight is 211 g/mol. The third kappa shape index (κ3) is 1.84. The minimum Gasteiger partial charge on any atom is -0.354 e. The Hall–Kier alpha value is -1.10. The first-order valence-corrected chi connectivity index (χ1v) is 5.49. The summed E-state index contributed by atoms with van der Waals surface area (Å²) in [4.78, 5) is 25.2. The van der Waals surface area contributed by atoms with E-state index in [2.05, 4.69) is 10.6 Å². The molecule has 2 atom stereocenters. The Morgan fingerprint density at radius 2 is 2.20 bits per heavy atom. The van der Waals surface area contributed by atoms with Crippen LogP contribution in [0.25, 0.3) is 0 Å². The predicted molar refractivity (Wildman–Crippen MR) is 55.2 cm³/mol. The lowest BCUT2D eigenvalue weighted by molar-refractivity contribution is -0.139. The average Bonchev–Trinajstić information content (AvgIpc) is 2.60. The van der Waals surface area contributed by atoms with E-state index < -0.39 is 0 Å². The van der Waals surface area contributed by atoms with Gasteiger partial charge in [-0.2, -0.15) is 0 Å². The molecule has 0 aromatic heterocycles. The van der Waals surface area contributed by atoms with Gasteiger partial charge in [0.05, 0.1) is 6.04 Å². The molecule has 2 N–H and O–H groups in total. The SMILES string of the molecule is CNC1CCN(C2CCCNC2=O)C1=O. The van der Waals surface area contributed by atoms with Gasteiger partial charge in [0.2, 0.25) is 11.8 Å². The summed E-state index contributed by atoms with van der Waals surface area (Å²) in [5, 5.41) is 5.78. The van der Waals surface area contributed by atoms with Crippen molar-refractivity contribution in [3.05, 3.63) is 0 Å². The molecule has 0 bridgehead atoms. The van der Waals surface area contributed by atoms with Crippen molar-refractivity contribution in [2.24, 2.45) is 0 Å². The number of carbonyl (C=O) groups excluding carboxylic acids is 2. The van der Waals surface area contributed by atoms with Crippen LogP contribution in [0.2, 0.25) is 0 Å². The number of hydrogen-bond donors (Lipinski definition) is 2. The standard InChI is InChI=1S/C10H17N3O2/c1-11-7-4-6-13(10(7)15)8-3-2-5-12-9(8)14/h7-8,11H,2-6H2,1H3,(H,12,14). The molecule has 15 heavy (non-hydrogen) atoms. The Morgan fingerprint density at radius 3 is 2.80 bits per heavy atom. The molecule has 2 saturated heterocycles. The summed E-state index contributed by atoms with van der Waals surface area (Å²) in [6.07, 6.45) is 2.57. The van der Waals surface area contributed by atoms with E-state index in [4.69, 9.17) is 0 Å². The number of nitrogens with zero attached hydrogens (tertiary/aromatic N) is 1. The lowest BCUT2D eigenvalue weighted by Gasteiger charge is -2.30. The van der Waals surface area contributed by atoms with Crippen LogP contribution in [0.5, 0.6) is 0 Å². The van der Waals surface area contributed by atoms with E-state index in [1.807, 2.05) is 0 Å². The Balaban J connectivity index is 2.04. The highest BCUT2D eigenvalue weighted by Crippen LogP contribution is 2.19. The smallest absolute Gasteiger partial charge is 0.242 e. The van der Waals surface area contributed by atoms with Gasteiger partial charge in [-0.3, -0.25) is 9.59 Å². The number of piperidine rings is 1. The molecule has 2 aliphatic heterocycles. The van der Waals surface area contributed by atoms with Crippen LogP contribution in [0.4, 0.5) is 0 Å². The van der Waals surface area contributed by atoms with E-state index in [0.717, 1.165) is 25.8 Å². The zero-order chi connectivity index (χ0) is 10.8. The Kier molecular flexibility index (Phi) is 2.90. The summed E-state index contributed by atoms with van der Waals surface area (Å²) in [5.74, 6) is 0.0749. The maximum absolute atomic E-state index is 11.9. The van der Waals surface area contributed by atoms with Crippen LogP contribution in [-0.2, 0) is 9.59 Å². The van der Waals surface area contributed by atoms with E-state index in [0.29, 0.717) is 6.54 Å². The van der Waals surface area contributed by atoms with Gasteiger partial charge in [-0.25, -0.2) is 0 Å². The fourth-order valence-electron chi connectivity index (χ4n) is 2.33. The number of likely N-dealkylation sites (tertiary alicyclic amines) is 1. The van der Waals surface area contributed by atoms with Crippen LogP contribution >= 0.6 is 0 Å². The zero-order valence-corrected chi connectivity index (χ0v) is 8.95. The lowest BCUT2D eigenvalue weighted by atomic mass is 10.1. The molecule has 0 aliphatic carbocycles. The van der Waals surface area contributed by atoms with Crippen LogP contribution in [0.1, 0.15) is 19.3 Å². The van der Waals surface area contributed by atoms with Crippen molar-refractivity contribution < 1.29 is 9.59 Å². The molecule has 0 radical (unpaired) electrons. The fraction of sp³-hybridized carbons (Fsp3) is 0.800. The molecule has 0 aromatic carbocycles. The second kappa shape index (κ2) is 4.18. The Bertz CT molecular complexity index is 280. The topological polar surface area (TPSA) is 61.4 Å². The van der Waals surface area contributed by atoms with Gasteiger partial charge in [-0.15, -0.1) is 0 Å². The van der Waals surface area contributed by atoms with E-state index >= 15 is 0 Å². The third-order valence-corrected chi connectivity index (χ3v) is 3.22. The number of amides is 2. The number of nitrogens with one attached hydrogen (secondary N) is 2. The number of rotatable bonds is 2. The number of carbonyl (C=O) groups is 2. The van der Waals surface area contributed by atoms with Gasteiger partial charge < -0.3 is 15.5 Å². The van der Waals surface area contributed by atoms with Gasteiger partial charge in [-0.05, 0) is 26.3 Å². The molecular formula is C10H17N3O2. The zero-order valence-electron chi connectivity index (χ0n) is 8.95. The molecule has 84 valence electrons. The van der Waals surface area contributed by atoms with Crippen molar-refractivity contribution in [2.45, 2.75) is 31.3 Å². The van der Waals surface area contributed by atoms with Gasteiger partial charge in [0.1, 0.15) is 6.04 Å². The highest BCUT2D eigenvalue weighted by Gasteiger charge is 2.38. The highest BCUT2D eigenvalue weighted by molar-refractivity contribution is 5.91. The first-order chi connectivity index (χ1) is 7.24. The molecule has 5 heteroatoms. The van der Waals surface area contributed by atoms with Crippen molar-refractivity contribution in [1.29, 1.82) is 0 Å². The molecule has 0 aromatic rings. The maximum Gasteiger partial charge on any atom is 0.242 e. The quantitative estimate of drug-likeness (QED) is 0.621. The fourth-order valence-corrected chi connectivity index (χ4v) is 2.33. The Morgan fingerprint density at radius 1 is 1.40 bits per heavy atom. The van der Waals surface area contributed by atoms with E-state index in [9.17, 15) is 9.59 Å². The van der Waals surface area contributed by atoms with E-state index in [1.54, 1.807) is 11.9 Å². The molecule has 0 saturated carbocycles. The summed E-state index contributed by atoms with van der Waals surface area (Å²) in [6.45, 7) is 1.44. The molecule has 2 amide bonds. The molecule has 2 fully saturated rings. The number of likely N-dealkylation sites (N-methyl/N-ethyl adjacent to an activating group) is 1. The summed E-state index contributed by atoms with van der Waals surface area (Å²) < 4.78 is 0. The van der Waals surface area contributed by atoms with Crippen molar-refractivity contribution in [2.75, 3.05) is 20.1 Å². The molecule has 5 nitrogen and oxygen atoms in total. The van der Waals surface area contributed by atoms with Crippen LogP contribution in [-0.4, -0.2) is 48.9 Å². The van der Waals surface area contributed by atoms with Crippen LogP contribution in [0.15, 0.2) is 0 Å². The first-order valence-electron chi connectivity index (χ1n) is 5.49. The second-order valence-corrected chi connectivity index (χ2v) is 4.11. The normalized spacial score (nSPS) is 31.9. The number of hydrogen-bond acceptors (Lipinski definition) is 3. The first kappa shape index (κ1) is 10.4. The minimum atomic E-state index is -0.232. The molecule has 2 heterocycles. The van der Waals surface area contributed by atoms with Gasteiger partial charge in [0, 0.05) is 13.1 Å². The van der Waals surface area contributed by atoms with Gasteiger partial charge >= 0.3 is 0 Å². The van der Waals surface area contributed by atoms with Gasteiger partial charge in [0.15, 0.2) is 0 Å². The van der Waals surface area contributed by atoms with Crippen molar-refractivity contribution >= 4 is 11.8 Å². The molecule has 2 unspecified atom stereocenters. The van der Waals surface area contributed by atoms with Crippen molar-refractivity contribution in [3.63, 3.8) is 0 Å². The maximum atomic E-state index is 11.9. The van der Waals surface area contributed by atoms with Gasteiger partial charge in [0.25, 0.3) is 0 Å². The molecule has 0 spiro atoms. The van der Waals surface area contributed by atoms with Crippen LogP contribution < -0.4 is 10.6 Å². The van der Waals surface area contributed by atoms with Crippen molar-refractivity contribution in [3.8, 4) is 0 Å². The van der Waals surface area contributed by atoms with Crippen molar-refractivity contribution in [1.82, 2.24) is 15.5 Å². The van der Waals surface area contributed by atoms with E-state index in [-0.39, 0.29) is 23.9 Å². The predicted octanol–water partition coefficient (Wildman–Crippen LogP) is -0.915. The van der Waals surface area contributed by atoms with E-state index in [1.165, 1.54) is 0 Å². The monoisotopic (exact) mass is 211 g/mol. The highest BCUT2D eigenvalue weighted by atomic mass is 16.2. The molecule has 2 rings (SSSR count). The third-order valence-electron chi connectivity index (χ3n) is 3.22. The Labute approximate surface area is 89.2 Å². The largest absolute Gasteiger partial charge is 0.354 e.